The molecular weight excluding hydrogens is 219 g/mol. The van der Waals surface area contributed by atoms with Gasteiger partial charge >= 0.3 is 0 Å². The van der Waals surface area contributed by atoms with E-state index in [2.05, 4.69) is 4.98 Å². The Balaban J connectivity index is 2.62. The number of hydrogen-bond acceptors (Lipinski definition) is 1. The minimum atomic E-state index is 0.584. The van der Waals surface area contributed by atoms with Gasteiger partial charge < -0.3 is 10.7 Å². The highest BCUT2D eigenvalue weighted by Crippen LogP contribution is 2.29. The number of rotatable bonds is 2. The van der Waals surface area contributed by atoms with Gasteiger partial charge in [0, 0.05) is 28.0 Å². The molecule has 0 fully saturated rings. The first kappa shape index (κ1) is 9.84. The van der Waals surface area contributed by atoms with Crippen molar-refractivity contribution in [3.63, 3.8) is 0 Å². The Kier molecular flexibility index (Phi) is 2.68. The third-order valence-corrected chi connectivity index (χ3v) is 2.83. The van der Waals surface area contributed by atoms with Crippen LogP contribution in [0.1, 0.15) is 5.69 Å². The van der Waals surface area contributed by atoms with Crippen LogP contribution in [0.3, 0.4) is 0 Å². The van der Waals surface area contributed by atoms with E-state index in [-0.39, 0.29) is 0 Å². The molecule has 0 aliphatic heterocycles. The summed E-state index contributed by atoms with van der Waals surface area (Å²) >= 11 is 12.0. The van der Waals surface area contributed by atoms with E-state index in [0.29, 0.717) is 11.6 Å². The topological polar surface area (TPSA) is 41.8 Å². The number of aromatic amines is 1. The third-order valence-electron chi connectivity index (χ3n) is 2.16. The van der Waals surface area contributed by atoms with E-state index in [9.17, 15) is 0 Å². The number of aromatic nitrogens is 1. The molecule has 2 aromatic rings. The van der Waals surface area contributed by atoms with Crippen molar-refractivity contribution in [2.45, 2.75) is 6.42 Å². The van der Waals surface area contributed by atoms with Gasteiger partial charge in [0.2, 0.25) is 0 Å². The maximum atomic E-state index is 6.16. The second-order valence-electron chi connectivity index (χ2n) is 3.15. The van der Waals surface area contributed by atoms with Gasteiger partial charge in [-0.05, 0) is 24.7 Å². The number of benzene rings is 1. The zero-order valence-corrected chi connectivity index (χ0v) is 8.99. The van der Waals surface area contributed by atoms with Crippen LogP contribution in [0.15, 0.2) is 18.2 Å². The Morgan fingerprint density at radius 1 is 1.29 bits per heavy atom. The van der Waals surface area contributed by atoms with Gasteiger partial charge in [-0.25, -0.2) is 0 Å². The van der Waals surface area contributed by atoms with Crippen molar-refractivity contribution in [3.05, 3.63) is 33.9 Å². The molecule has 0 aliphatic rings. The second kappa shape index (κ2) is 3.81. The second-order valence-corrected chi connectivity index (χ2v) is 3.96. The van der Waals surface area contributed by atoms with Gasteiger partial charge in [-0.15, -0.1) is 0 Å². The lowest BCUT2D eigenvalue weighted by Crippen LogP contribution is -2.02. The van der Waals surface area contributed by atoms with Crippen molar-refractivity contribution in [2.24, 2.45) is 5.73 Å². The summed E-state index contributed by atoms with van der Waals surface area (Å²) in [7, 11) is 0. The van der Waals surface area contributed by atoms with Gasteiger partial charge in [-0.3, -0.25) is 0 Å². The van der Waals surface area contributed by atoms with Crippen LogP contribution in [0.25, 0.3) is 10.9 Å². The summed E-state index contributed by atoms with van der Waals surface area (Å²) in [5.41, 5.74) is 7.46. The lowest BCUT2D eigenvalue weighted by molar-refractivity contribution is 0.940. The van der Waals surface area contributed by atoms with Crippen LogP contribution in [0.2, 0.25) is 10.0 Å². The molecule has 0 amide bonds. The molecule has 1 heterocycles. The van der Waals surface area contributed by atoms with E-state index in [1.165, 1.54) is 0 Å². The molecule has 14 heavy (non-hydrogen) atoms. The standard InChI is InChI=1S/C10H10Cl2N2/c11-6-1-2-8-7(5-6)10(12)9(14-8)3-4-13/h1-2,5,14H,3-4,13H2. The molecular formula is C10H10Cl2N2. The van der Waals surface area contributed by atoms with Gasteiger partial charge in [0.1, 0.15) is 0 Å². The van der Waals surface area contributed by atoms with Crippen LogP contribution in [0, 0.1) is 0 Å². The molecule has 1 aromatic carbocycles. The highest BCUT2D eigenvalue weighted by atomic mass is 35.5. The minimum Gasteiger partial charge on any atom is -0.357 e. The summed E-state index contributed by atoms with van der Waals surface area (Å²) in [5, 5.41) is 2.38. The highest BCUT2D eigenvalue weighted by molar-refractivity contribution is 6.37. The highest BCUT2D eigenvalue weighted by Gasteiger charge is 2.08. The molecule has 0 radical (unpaired) electrons. The van der Waals surface area contributed by atoms with Gasteiger partial charge in [-0.1, -0.05) is 23.2 Å². The first-order valence-corrected chi connectivity index (χ1v) is 5.13. The van der Waals surface area contributed by atoms with E-state index >= 15 is 0 Å². The fourth-order valence-electron chi connectivity index (χ4n) is 1.50. The molecule has 0 unspecified atom stereocenters. The normalized spacial score (nSPS) is 11.1. The van der Waals surface area contributed by atoms with Gasteiger partial charge in [0.05, 0.1) is 5.02 Å². The Hall–Kier alpha value is -0.700. The lowest BCUT2D eigenvalue weighted by atomic mass is 10.2. The lowest BCUT2D eigenvalue weighted by Gasteiger charge is -1.93. The van der Waals surface area contributed by atoms with Crippen molar-refractivity contribution in [3.8, 4) is 0 Å². The van der Waals surface area contributed by atoms with E-state index in [1.807, 2.05) is 18.2 Å². The van der Waals surface area contributed by atoms with Gasteiger partial charge in [0.15, 0.2) is 0 Å². The molecule has 0 spiro atoms. The Labute approximate surface area is 92.0 Å². The number of fused-ring (bicyclic) bond motifs is 1. The SMILES string of the molecule is NCCc1[nH]c2ccc(Cl)cc2c1Cl. The van der Waals surface area contributed by atoms with Crippen molar-refractivity contribution < 1.29 is 0 Å². The molecule has 4 heteroatoms. The van der Waals surface area contributed by atoms with Crippen LogP contribution in [0.4, 0.5) is 0 Å². The zero-order chi connectivity index (χ0) is 10.1. The first-order valence-electron chi connectivity index (χ1n) is 4.38. The molecule has 0 atom stereocenters. The van der Waals surface area contributed by atoms with Crippen LogP contribution in [-0.2, 0) is 6.42 Å². The molecule has 0 saturated heterocycles. The summed E-state index contributed by atoms with van der Waals surface area (Å²) in [6.45, 7) is 0.584. The molecule has 74 valence electrons. The average molecular weight is 229 g/mol. The maximum absolute atomic E-state index is 6.16. The summed E-state index contributed by atoms with van der Waals surface area (Å²) in [5.74, 6) is 0. The van der Waals surface area contributed by atoms with E-state index < -0.39 is 0 Å². The van der Waals surface area contributed by atoms with Crippen molar-refractivity contribution in [1.82, 2.24) is 4.98 Å². The molecule has 2 rings (SSSR count). The minimum absolute atomic E-state index is 0.584. The smallest absolute Gasteiger partial charge is 0.0692 e. The number of hydrogen-bond donors (Lipinski definition) is 2. The molecule has 0 aliphatic carbocycles. The summed E-state index contributed by atoms with van der Waals surface area (Å²) in [4.78, 5) is 3.22. The van der Waals surface area contributed by atoms with Crippen molar-refractivity contribution in [1.29, 1.82) is 0 Å². The van der Waals surface area contributed by atoms with Crippen molar-refractivity contribution >= 4 is 34.1 Å². The third kappa shape index (κ3) is 1.61. The van der Waals surface area contributed by atoms with Crippen LogP contribution in [0.5, 0.6) is 0 Å². The average Bonchev–Trinajstić information content (AvgIpc) is 2.46. The largest absolute Gasteiger partial charge is 0.357 e. The Bertz CT molecular complexity index is 462. The maximum Gasteiger partial charge on any atom is 0.0692 e. The van der Waals surface area contributed by atoms with Crippen LogP contribution < -0.4 is 5.73 Å². The van der Waals surface area contributed by atoms with E-state index in [1.54, 1.807) is 0 Å². The van der Waals surface area contributed by atoms with Crippen LogP contribution in [-0.4, -0.2) is 11.5 Å². The zero-order valence-electron chi connectivity index (χ0n) is 7.48. The predicted molar refractivity (Wildman–Crippen MR) is 61.1 cm³/mol. The number of nitrogens with two attached hydrogens (primary N) is 1. The van der Waals surface area contributed by atoms with Gasteiger partial charge in [-0.2, -0.15) is 0 Å². The quantitative estimate of drug-likeness (QED) is 0.816. The molecule has 0 saturated carbocycles. The Morgan fingerprint density at radius 3 is 2.79 bits per heavy atom. The molecule has 3 N–H and O–H groups in total. The fourth-order valence-corrected chi connectivity index (χ4v) is 1.97. The van der Waals surface area contributed by atoms with Crippen LogP contribution >= 0.6 is 23.2 Å². The monoisotopic (exact) mass is 228 g/mol. The van der Waals surface area contributed by atoms with E-state index in [4.69, 9.17) is 28.9 Å². The summed E-state index contributed by atoms with van der Waals surface area (Å²) < 4.78 is 0. The number of halogens is 2. The predicted octanol–water partition coefficient (Wildman–Crippen LogP) is 2.98. The van der Waals surface area contributed by atoms with Gasteiger partial charge in [0.25, 0.3) is 0 Å². The fraction of sp³-hybridized carbons (Fsp3) is 0.200. The number of nitrogens with one attached hydrogen (secondary N) is 1. The molecule has 1 aromatic heterocycles. The molecule has 0 bridgehead atoms. The van der Waals surface area contributed by atoms with Crippen molar-refractivity contribution in [2.75, 3.05) is 6.54 Å². The number of H-pyrrole nitrogens is 1. The summed E-state index contributed by atoms with van der Waals surface area (Å²) in [6.07, 6.45) is 0.755. The first-order chi connectivity index (χ1) is 6.72. The summed E-state index contributed by atoms with van der Waals surface area (Å²) in [6, 6.07) is 5.61. The van der Waals surface area contributed by atoms with E-state index in [0.717, 1.165) is 28.0 Å². The molecule has 2 nitrogen and oxygen atoms in total. The Morgan fingerprint density at radius 2 is 2.07 bits per heavy atom.